The second-order valence-electron chi connectivity index (χ2n) is 3.93. The number of rotatable bonds is 6. The van der Waals surface area contributed by atoms with E-state index >= 15 is 0 Å². The van der Waals surface area contributed by atoms with E-state index in [0.717, 1.165) is 0 Å². The molecule has 0 fully saturated rings. The van der Waals surface area contributed by atoms with Crippen LogP contribution in [-0.2, 0) is 14.3 Å². The summed E-state index contributed by atoms with van der Waals surface area (Å²) in [4.78, 5) is 20.4. The monoisotopic (exact) mass is 190 g/mol. The first kappa shape index (κ1) is 11.9. The quantitative estimate of drug-likeness (QED) is 0.461. The molecule has 5 heteroatoms. The molecular weight excluding hydrogens is 174 g/mol. The summed E-state index contributed by atoms with van der Waals surface area (Å²) < 4.78 is 5.21. The largest absolute Gasteiger partial charge is 0.481 e. The topological polar surface area (TPSA) is 63.6 Å². The molecule has 0 spiro atoms. The second-order valence-corrected chi connectivity index (χ2v) is 3.93. The van der Waals surface area contributed by atoms with E-state index < -0.39 is 12.1 Å². The van der Waals surface area contributed by atoms with Gasteiger partial charge in [0.2, 0.25) is 0 Å². The number of nitrogens with zero attached hydrogens (tertiary/aromatic N) is 1. The molecule has 13 heavy (non-hydrogen) atoms. The molecule has 0 bridgehead atoms. The molecule has 76 valence electrons. The number of hydrogen-bond donors (Lipinski definition) is 1. The van der Waals surface area contributed by atoms with Crippen LogP contribution in [0.4, 0.5) is 0 Å². The number of carboxylic acids is 1. The van der Waals surface area contributed by atoms with Crippen LogP contribution in [0.25, 0.3) is 0 Å². The Morgan fingerprint density at radius 1 is 1.54 bits per heavy atom. The van der Waals surface area contributed by atoms with E-state index in [1.54, 1.807) is 0 Å². The van der Waals surface area contributed by atoms with Gasteiger partial charge in [0.25, 0.3) is 6.47 Å². The molecule has 0 amide bonds. The molecule has 0 aromatic heterocycles. The maximum Gasteiger partial charge on any atom is 0.307 e. The fraction of sp³-hybridized carbons (Fsp3) is 0.750. The van der Waals surface area contributed by atoms with Crippen LogP contribution in [0.15, 0.2) is 0 Å². The number of carbonyl (C=O) groups excluding carboxylic acids is 1. The summed E-state index contributed by atoms with van der Waals surface area (Å²) in [7, 11) is 5.72. The van der Waals surface area contributed by atoms with Crippen LogP contribution < -0.4 is 0 Å². The van der Waals surface area contributed by atoms with Gasteiger partial charge < -0.3 is 14.3 Å². The minimum Gasteiger partial charge on any atom is -0.481 e. The Kier molecular flexibility index (Phi) is 4.40. The van der Waals surface area contributed by atoms with Crippen molar-refractivity contribution in [3.8, 4) is 0 Å². The summed E-state index contributed by atoms with van der Waals surface area (Å²) >= 11 is 0. The fourth-order valence-corrected chi connectivity index (χ4v) is 1.04. The lowest BCUT2D eigenvalue weighted by molar-refractivity contribution is -0.873. The average molecular weight is 190 g/mol. The zero-order valence-corrected chi connectivity index (χ0v) is 8.19. The number of ether oxygens (including phenoxy) is 1. The van der Waals surface area contributed by atoms with Gasteiger partial charge in [0, 0.05) is 0 Å². The third-order valence-electron chi connectivity index (χ3n) is 1.40. The number of carbonyl (C=O) groups is 2. The van der Waals surface area contributed by atoms with E-state index in [9.17, 15) is 9.59 Å². The van der Waals surface area contributed by atoms with Crippen molar-refractivity contribution < 1.29 is 23.9 Å². The first-order valence-corrected chi connectivity index (χ1v) is 3.96. The molecule has 0 radical (unpaired) electrons. The highest BCUT2D eigenvalue weighted by atomic mass is 16.5. The molecule has 1 atom stereocenters. The average Bonchev–Trinajstić information content (AvgIpc) is 1.81. The van der Waals surface area contributed by atoms with Crippen molar-refractivity contribution in [3.05, 3.63) is 0 Å². The molecule has 0 unspecified atom stereocenters. The Labute approximate surface area is 77.5 Å². The number of quaternary nitrogens is 1. The zero-order chi connectivity index (χ0) is 10.5. The highest BCUT2D eigenvalue weighted by Crippen LogP contribution is 2.03. The Balaban J connectivity index is 4.09. The van der Waals surface area contributed by atoms with Crippen molar-refractivity contribution in [1.82, 2.24) is 0 Å². The van der Waals surface area contributed by atoms with E-state index in [0.29, 0.717) is 17.5 Å². The molecule has 0 aromatic rings. The molecule has 0 rings (SSSR count). The van der Waals surface area contributed by atoms with E-state index in [1.807, 2.05) is 21.1 Å². The molecule has 0 saturated carbocycles. The van der Waals surface area contributed by atoms with E-state index in [1.165, 1.54) is 0 Å². The van der Waals surface area contributed by atoms with Crippen molar-refractivity contribution in [1.29, 1.82) is 0 Å². The van der Waals surface area contributed by atoms with Gasteiger partial charge >= 0.3 is 5.97 Å². The van der Waals surface area contributed by atoms with Crippen molar-refractivity contribution in [2.45, 2.75) is 12.5 Å². The Bertz CT molecular complexity index is 185. The van der Waals surface area contributed by atoms with Gasteiger partial charge in [-0.25, -0.2) is 0 Å². The SMILES string of the molecule is C[N+](C)(C)C[C@@H](CC(=O)O)OC=O. The lowest BCUT2D eigenvalue weighted by Crippen LogP contribution is -2.43. The lowest BCUT2D eigenvalue weighted by atomic mass is 10.2. The summed E-state index contributed by atoms with van der Waals surface area (Å²) in [6.07, 6.45) is -0.691. The summed E-state index contributed by atoms with van der Waals surface area (Å²) in [6.45, 7) is 0.786. The summed E-state index contributed by atoms with van der Waals surface area (Å²) in [5.74, 6) is -0.958. The van der Waals surface area contributed by atoms with Gasteiger partial charge in [-0.2, -0.15) is 0 Å². The van der Waals surface area contributed by atoms with Crippen molar-refractivity contribution in [2.24, 2.45) is 0 Å². The number of aliphatic carboxylic acids is 1. The van der Waals surface area contributed by atoms with Crippen LogP contribution in [0.5, 0.6) is 0 Å². The first-order valence-electron chi connectivity index (χ1n) is 3.96. The molecule has 0 aliphatic carbocycles. The molecule has 5 nitrogen and oxygen atoms in total. The Morgan fingerprint density at radius 2 is 2.08 bits per heavy atom. The van der Waals surface area contributed by atoms with E-state index in [4.69, 9.17) is 5.11 Å². The van der Waals surface area contributed by atoms with E-state index in [-0.39, 0.29) is 6.42 Å². The molecule has 0 aliphatic rings. The Morgan fingerprint density at radius 3 is 2.38 bits per heavy atom. The van der Waals surface area contributed by atoms with Gasteiger partial charge in [-0.3, -0.25) is 9.59 Å². The van der Waals surface area contributed by atoms with Gasteiger partial charge in [-0.1, -0.05) is 0 Å². The molecular formula is C8H16NO4+. The van der Waals surface area contributed by atoms with Crippen molar-refractivity contribution in [3.63, 3.8) is 0 Å². The first-order chi connectivity index (χ1) is 5.85. The van der Waals surface area contributed by atoms with Gasteiger partial charge in [0.05, 0.1) is 27.6 Å². The van der Waals surface area contributed by atoms with Crippen molar-refractivity contribution in [2.75, 3.05) is 27.7 Å². The van der Waals surface area contributed by atoms with E-state index in [2.05, 4.69) is 4.74 Å². The molecule has 0 aliphatic heterocycles. The van der Waals surface area contributed by atoms with Crippen LogP contribution in [0.2, 0.25) is 0 Å². The standard InChI is InChI=1S/C8H15NO4/c1-9(2,3)5-7(13-6-10)4-8(11)12/h6-7H,4-5H2,1-3H3/p+1/t7-/m1/s1. The van der Waals surface area contributed by atoms with Crippen LogP contribution in [0.3, 0.4) is 0 Å². The second kappa shape index (κ2) is 4.81. The molecule has 1 N–H and O–H groups in total. The number of likely N-dealkylation sites (N-methyl/N-ethyl adjacent to an activating group) is 1. The van der Waals surface area contributed by atoms with Gasteiger partial charge in [-0.15, -0.1) is 0 Å². The number of hydrogen-bond acceptors (Lipinski definition) is 3. The minimum absolute atomic E-state index is 0.145. The lowest BCUT2D eigenvalue weighted by Gasteiger charge is -2.27. The Hall–Kier alpha value is -1.10. The number of carboxylic acid groups (broad SMARTS) is 1. The predicted molar refractivity (Wildman–Crippen MR) is 46.1 cm³/mol. The van der Waals surface area contributed by atoms with Gasteiger partial charge in [-0.05, 0) is 0 Å². The minimum atomic E-state index is -0.958. The summed E-state index contributed by atoms with van der Waals surface area (Å²) in [5, 5.41) is 8.50. The molecule has 0 saturated heterocycles. The van der Waals surface area contributed by atoms with Crippen molar-refractivity contribution >= 4 is 12.4 Å². The summed E-state index contributed by atoms with van der Waals surface area (Å²) in [5.41, 5.74) is 0. The van der Waals surface area contributed by atoms with Crippen LogP contribution in [-0.4, -0.2) is 55.8 Å². The van der Waals surface area contributed by atoms with Crippen LogP contribution >= 0.6 is 0 Å². The predicted octanol–water partition coefficient (Wildman–Crippen LogP) is -0.291. The smallest absolute Gasteiger partial charge is 0.307 e. The maximum absolute atomic E-state index is 10.4. The zero-order valence-electron chi connectivity index (χ0n) is 8.19. The van der Waals surface area contributed by atoms with Gasteiger partial charge in [0.1, 0.15) is 6.54 Å². The third-order valence-corrected chi connectivity index (χ3v) is 1.40. The molecule has 0 heterocycles. The fourth-order valence-electron chi connectivity index (χ4n) is 1.04. The third kappa shape index (κ3) is 7.27. The maximum atomic E-state index is 10.4. The summed E-state index contributed by atoms with van der Waals surface area (Å²) in [6, 6.07) is 0. The highest BCUT2D eigenvalue weighted by molar-refractivity contribution is 5.67. The van der Waals surface area contributed by atoms with Crippen LogP contribution in [0, 0.1) is 0 Å². The highest BCUT2D eigenvalue weighted by Gasteiger charge is 2.21. The molecule has 0 aromatic carbocycles. The normalized spacial score (nSPS) is 13.5. The van der Waals surface area contributed by atoms with Gasteiger partial charge in [0.15, 0.2) is 6.10 Å². The van der Waals surface area contributed by atoms with Crippen LogP contribution in [0.1, 0.15) is 6.42 Å².